The first kappa shape index (κ1) is 8.20. The minimum atomic E-state index is 0.128. The molecule has 3 heteroatoms. The molecule has 0 saturated carbocycles. The maximum Gasteiger partial charge on any atom is 0.164 e. The van der Waals surface area contributed by atoms with Crippen molar-refractivity contribution in [3.05, 3.63) is 0 Å². The zero-order valence-corrected chi connectivity index (χ0v) is 7.29. The summed E-state index contributed by atoms with van der Waals surface area (Å²) < 4.78 is 10.4. The van der Waals surface area contributed by atoms with Crippen LogP contribution in [0, 0.1) is 5.92 Å². The molecule has 68 valence electrons. The number of ketones is 1. The fourth-order valence-corrected chi connectivity index (χ4v) is 2.23. The van der Waals surface area contributed by atoms with E-state index in [2.05, 4.69) is 0 Å². The highest BCUT2D eigenvalue weighted by Crippen LogP contribution is 2.39. The number of carbonyl (C=O) groups is 1. The Hall–Kier alpha value is -0.410. The van der Waals surface area contributed by atoms with E-state index in [1.54, 1.807) is 7.11 Å². The van der Waals surface area contributed by atoms with Crippen LogP contribution in [0.1, 0.15) is 19.3 Å². The molecule has 2 saturated heterocycles. The van der Waals surface area contributed by atoms with Gasteiger partial charge in [-0.15, -0.1) is 0 Å². The Morgan fingerprint density at radius 3 is 2.92 bits per heavy atom. The molecule has 2 bridgehead atoms. The van der Waals surface area contributed by atoms with Gasteiger partial charge in [-0.1, -0.05) is 0 Å². The van der Waals surface area contributed by atoms with Gasteiger partial charge in [0.05, 0.1) is 12.2 Å². The van der Waals surface area contributed by atoms with Crippen LogP contribution in [-0.4, -0.2) is 31.7 Å². The predicted molar refractivity (Wildman–Crippen MR) is 42.9 cm³/mol. The van der Waals surface area contributed by atoms with Crippen molar-refractivity contribution in [1.82, 2.24) is 0 Å². The second-order valence-electron chi connectivity index (χ2n) is 3.62. The molecule has 12 heavy (non-hydrogen) atoms. The number of fused-ring (bicyclic) bond motifs is 2. The van der Waals surface area contributed by atoms with Crippen molar-refractivity contribution >= 4 is 5.78 Å². The number of Topliss-reactive ketones (excluding diaryl/α,β-unsaturated/α-hetero) is 1. The Labute approximate surface area is 72.0 Å². The smallest absolute Gasteiger partial charge is 0.164 e. The van der Waals surface area contributed by atoms with Gasteiger partial charge in [0, 0.05) is 13.0 Å². The Kier molecular flexibility index (Phi) is 2.15. The number of hydrogen-bond donors (Lipinski definition) is 0. The highest BCUT2D eigenvalue weighted by Gasteiger charge is 2.43. The van der Waals surface area contributed by atoms with Crippen LogP contribution in [0.5, 0.6) is 0 Å². The quantitative estimate of drug-likeness (QED) is 0.627. The molecule has 0 radical (unpaired) electrons. The lowest BCUT2D eigenvalue weighted by molar-refractivity contribution is -0.128. The molecule has 0 aromatic carbocycles. The largest absolute Gasteiger partial charge is 0.377 e. The van der Waals surface area contributed by atoms with Gasteiger partial charge in [-0.25, -0.2) is 0 Å². The van der Waals surface area contributed by atoms with E-state index in [1.807, 2.05) is 0 Å². The summed E-state index contributed by atoms with van der Waals surface area (Å²) in [6, 6.07) is 0. The Morgan fingerprint density at radius 1 is 1.58 bits per heavy atom. The molecule has 2 rings (SSSR count). The van der Waals surface area contributed by atoms with Gasteiger partial charge in [0.2, 0.25) is 0 Å². The van der Waals surface area contributed by atoms with Crippen molar-refractivity contribution in [3.8, 4) is 0 Å². The van der Waals surface area contributed by atoms with Crippen LogP contribution in [0.4, 0.5) is 0 Å². The van der Waals surface area contributed by atoms with Crippen LogP contribution < -0.4 is 0 Å². The van der Waals surface area contributed by atoms with E-state index in [9.17, 15) is 4.79 Å². The molecular formula is C9H14O3. The highest BCUT2D eigenvalue weighted by atomic mass is 16.5. The topological polar surface area (TPSA) is 35.5 Å². The van der Waals surface area contributed by atoms with Gasteiger partial charge in [0.1, 0.15) is 6.61 Å². The van der Waals surface area contributed by atoms with Crippen molar-refractivity contribution in [3.63, 3.8) is 0 Å². The molecule has 2 heterocycles. The third kappa shape index (κ3) is 1.27. The zero-order valence-electron chi connectivity index (χ0n) is 7.29. The average Bonchev–Trinajstić information content (AvgIpc) is 2.64. The lowest BCUT2D eigenvalue weighted by Crippen LogP contribution is -2.28. The van der Waals surface area contributed by atoms with Gasteiger partial charge in [0.15, 0.2) is 5.78 Å². The summed E-state index contributed by atoms with van der Waals surface area (Å²) in [5.41, 5.74) is 0. The summed E-state index contributed by atoms with van der Waals surface area (Å²) in [5, 5.41) is 0. The average molecular weight is 170 g/mol. The first-order valence-electron chi connectivity index (χ1n) is 4.48. The van der Waals surface area contributed by atoms with Crippen molar-refractivity contribution < 1.29 is 14.3 Å². The molecule has 0 amide bonds. The van der Waals surface area contributed by atoms with E-state index in [0.29, 0.717) is 6.10 Å². The van der Waals surface area contributed by atoms with Gasteiger partial charge in [-0.05, 0) is 19.3 Å². The number of hydrogen-bond acceptors (Lipinski definition) is 3. The molecule has 0 aliphatic carbocycles. The van der Waals surface area contributed by atoms with Gasteiger partial charge >= 0.3 is 0 Å². The summed E-state index contributed by atoms with van der Waals surface area (Å²) in [4.78, 5) is 11.4. The van der Waals surface area contributed by atoms with E-state index < -0.39 is 0 Å². The lowest BCUT2D eigenvalue weighted by atomic mass is 9.86. The highest BCUT2D eigenvalue weighted by molar-refractivity contribution is 5.83. The summed E-state index contributed by atoms with van der Waals surface area (Å²) in [7, 11) is 1.56. The van der Waals surface area contributed by atoms with Gasteiger partial charge < -0.3 is 9.47 Å². The van der Waals surface area contributed by atoms with Crippen molar-refractivity contribution in [2.75, 3.05) is 13.7 Å². The minimum absolute atomic E-state index is 0.128. The van der Waals surface area contributed by atoms with E-state index in [-0.39, 0.29) is 24.4 Å². The van der Waals surface area contributed by atoms with E-state index in [4.69, 9.17) is 9.47 Å². The monoisotopic (exact) mass is 170 g/mol. The Balaban J connectivity index is 1.93. The molecule has 3 atom stereocenters. The molecule has 0 N–H and O–H groups in total. The third-order valence-corrected chi connectivity index (χ3v) is 2.81. The van der Waals surface area contributed by atoms with E-state index >= 15 is 0 Å². The van der Waals surface area contributed by atoms with Gasteiger partial charge in [-0.2, -0.15) is 0 Å². The molecule has 0 aromatic rings. The second kappa shape index (κ2) is 3.15. The summed E-state index contributed by atoms with van der Waals surface area (Å²) in [6.07, 6.45) is 3.69. The fraction of sp³-hybridized carbons (Fsp3) is 0.889. The van der Waals surface area contributed by atoms with Gasteiger partial charge in [0.25, 0.3) is 0 Å². The summed E-state index contributed by atoms with van der Waals surface area (Å²) >= 11 is 0. The van der Waals surface area contributed by atoms with Crippen LogP contribution in [-0.2, 0) is 14.3 Å². The van der Waals surface area contributed by atoms with Crippen molar-refractivity contribution in [2.24, 2.45) is 5.92 Å². The first-order valence-corrected chi connectivity index (χ1v) is 4.48. The maximum atomic E-state index is 11.4. The van der Waals surface area contributed by atoms with E-state index in [0.717, 1.165) is 19.3 Å². The summed E-state index contributed by atoms with van der Waals surface area (Å²) in [6.45, 7) is 0.247. The lowest BCUT2D eigenvalue weighted by Gasteiger charge is -2.16. The second-order valence-corrected chi connectivity index (χ2v) is 3.62. The maximum absolute atomic E-state index is 11.4. The first-order chi connectivity index (χ1) is 5.81. The standard InChI is InChI=1S/C9H14O3/c1-11-5-8(10)7-4-6-2-3-9(7)12-6/h6-7,9H,2-5H2,1H3. The molecule has 0 aromatic heterocycles. The third-order valence-electron chi connectivity index (χ3n) is 2.81. The number of rotatable bonds is 3. The van der Waals surface area contributed by atoms with Crippen LogP contribution in [0.3, 0.4) is 0 Å². The molecule has 2 aliphatic rings. The molecule has 3 unspecified atom stereocenters. The van der Waals surface area contributed by atoms with Crippen LogP contribution in [0.2, 0.25) is 0 Å². The Bertz CT molecular complexity index is 190. The van der Waals surface area contributed by atoms with Crippen LogP contribution >= 0.6 is 0 Å². The SMILES string of the molecule is COCC(=O)C1CC2CCC1O2. The van der Waals surface area contributed by atoms with Crippen molar-refractivity contribution in [2.45, 2.75) is 31.5 Å². The number of ether oxygens (including phenoxy) is 2. The van der Waals surface area contributed by atoms with Crippen LogP contribution in [0.15, 0.2) is 0 Å². The van der Waals surface area contributed by atoms with Crippen LogP contribution in [0.25, 0.3) is 0 Å². The Morgan fingerprint density at radius 2 is 2.42 bits per heavy atom. The molecule has 2 fully saturated rings. The zero-order chi connectivity index (χ0) is 8.55. The molecule has 3 nitrogen and oxygen atoms in total. The van der Waals surface area contributed by atoms with Gasteiger partial charge in [-0.3, -0.25) is 4.79 Å². The summed E-state index contributed by atoms with van der Waals surface area (Å²) in [5.74, 6) is 0.341. The number of methoxy groups -OCH3 is 1. The van der Waals surface area contributed by atoms with E-state index in [1.165, 1.54) is 0 Å². The number of carbonyl (C=O) groups excluding carboxylic acids is 1. The molecule has 0 spiro atoms. The normalized spacial score (nSPS) is 38.9. The molecule has 2 aliphatic heterocycles. The van der Waals surface area contributed by atoms with Crippen molar-refractivity contribution in [1.29, 1.82) is 0 Å². The molecular weight excluding hydrogens is 156 g/mol. The predicted octanol–water partition coefficient (Wildman–Crippen LogP) is 0.769. The fourth-order valence-electron chi connectivity index (χ4n) is 2.23. The minimum Gasteiger partial charge on any atom is -0.377 e.